The maximum Gasteiger partial charge on any atom is 0.404 e. The van der Waals surface area contributed by atoms with Crippen LogP contribution < -0.4 is 16.1 Å². The van der Waals surface area contributed by atoms with E-state index in [1.807, 2.05) is 62.7 Å². The van der Waals surface area contributed by atoms with Crippen LogP contribution in [-0.2, 0) is 25.6 Å². The maximum atomic E-state index is 12.7. The normalized spacial score (nSPS) is 12.8. The highest BCUT2D eigenvalue weighted by Gasteiger charge is 2.31. The molecule has 0 radical (unpaired) electrons. The molecule has 2 aromatic carbocycles. The number of aromatic nitrogens is 1. The van der Waals surface area contributed by atoms with Crippen molar-refractivity contribution in [3.8, 4) is 10.6 Å². The van der Waals surface area contributed by atoms with Crippen molar-refractivity contribution in [2.45, 2.75) is 66.2 Å². The first kappa shape index (κ1) is 46.1. The Morgan fingerprint density at radius 2 is 1.68 bits per heavy atom. The van der Waals surface area contributed by atoms with E-state index in [2.05, 4.69) is 57.0 Å². The van der Waals surface area contributed by atoms with Crippen molar-refractivity contribution in [1.82, 2.24) is 26.1 Å². The van der Waals surface area contributed by atoms with Gasteiger partial charge in [-0.1, -0.05) is 80.9 Å². The third-order valence-electron chi connectivity index (χ3n) is 6.48. The van der Waals surface area contributed by atoms with E-state index in [1.165, 1.54) is 31.1 Å². The van der Waals surface area contributed by atoms with E-state index >= 15 is 0 Å². The van der Waals surface area contributed by atoms with Crippen LogP contribution in [0.25, 0.3) is 10.6 Å². The second kappa shape index (κ2) is 27.9. The number of hydrogen-bond donors (Lipinski definition) is 6. The summed E-state index contributed by atoms with van der Waals surface area (Å²) in [5.74, 6) is -0.214. The zero-order chi connectivity index (χ0) is 37.8. The number of carbonyl (C=O) groups excluding carboxylic acids is 2. The number of nitrogens with zero attached hydrogens (tertiary/aromatic N) is 2. The number of amides is 2. The number of benzene rings is 2. The highest BCUT2D eigenvalue weighted by atomic mass is 32.1. The molecule has 1 aromatic heterocycles. The van der Waals surface area contributed by atoms with E-state index in [1.54, 1.807) is 30.3 Å². The fraction of sp³-hybridized carbons (Fsp3) is 0.500. The number of ether oxygens (including phenoxy) is 2. The Kier molecular flexibility index (Phi) is 25.7. The molecule has 1 aliphatic rings. The van der Waals surface area contributed by atoms with Gasteiger partial charge in [-0.3, -0.25) is 15.0 Å². The van der Waals surface area contributed by atoms with Gasteiger partial charge in [0.2, 0.25) is 0 Å². The lowest BCUT2D eigenvalue weighted by atomic mass is 9.86. The van der Waals surface area contributed by atoms with E-state index in [4.69, 9.17) is 19.7 Å². The Morgan fingerprint density at radius 1 is 1.10 bits per heavy atom. The van der Waals surface area contributed by atoms with Crippen LogP contribution in [0.15, 0.2) is 66.2 Å². The van der Waals surface area contributed by atoms with Crippen LogP contribution in [0.2, 0.25) is 0 Å². The summed E-state index contributed by atoms with van der Waals surface area (Å²) in [6.07, 6.45) is 2.23. The monoisotopic (exact) mass is 719 g/mol. The summed E-state index contributed by atoms with van der Waals surface area (Å²) in [5, 5.41) is 36.1. The van der Waals surface area contributed by atoms with Crippen LogP contribution in [0.5, 0.6) is 0 Å². The lowest BCUT2D eigenvalue weighted by Gasteiger charge is -2.33. The molecule has 1 aliphatic heterocycles. The van der Waals surface area contributed by atoms with Crippen LogP contribution >= 0.6 is 11.3 Å². The van der Waals surface area contributed by atoms with Crippen molar-refractivity contribution < 1.29 is 39.2 Å². The molecular weight excluding hydrogens is 662 g/mol. The summed E-state index contributed by atoms with van der Waals surface area (Å²) in [4.78, 5) is 36.4. The lowest BCUT2D eigenvalue weighted by Crippen LogP contribution is -2.56. The molecule has 2 unspecified atom stereocenters. The molecule has 0 spiro atoms. The van der Waals surface area contributed by atoms with Crippen molar-refractivity contribution in [3.63, 3.8) is 0 Å². The molecule has 1 saturated heterocycles. The largest absolute Gasteiger partial charge is 0.471 e. The zero-order valence-electron chi connectivity index (χ0n) is 30.4. The SMILES string of the molecule is C1CCOC1.CCO.CNC(C(=O)NN(Cc1ccccc1)CC(O)CNC(=O)O)C(C)(C)C.COC=O.Cc1ccc(-c2nccs2)cc1. The number of nitrogens with one attached hydrogen (secondary N) is 3. The average Bonchev–Trinajstić information content (AvgIpc) is 3.84. The second-order valence-corrected chi connectivity index (χ2v) is 12.8. The summed E-state index contributed by atoms with van der Waals surface area (Å²) in [6.45, 7) is 12.6. The second-order valence-electron chi connectivity index (χ2n) is 11.9. The van der Waals surface area contributed by atoms with Crippen LogP contribution in [0, 0.1) is 12.3 Å². The molecule has 2 heterocycles. The summed E-state index contributed by atoms with van der Waals surface area (Å²) in [5.41, 5.74) is 6.00. The van der Waals surface area contributed by atoms with Gasteiger partial charge in [-0.2, -0.15) is 0 Å². The van der Waals surface area contributed by atoms with E-state index in [0.29, 0.717) is 13.0 Å². The number of hydrogen-bond acceptors (Lipinski definition) is 11. The molecule has 4 rings (SSSR count). The number of methoxy groups -OCH3 is 1. The van der Waals surface area contributed by atoms with Gasteiger partial charge < -0.3 is 35.4 Å². The molecule has 0 aliphatic carbocycles. The Balaban J connectivity index is 0.000000806. The highest BCUT2D eigenvalue weighted by Crippen LogP contribution is 2.21. The number of thiazole rings is 1. The number of aliphatic hydroxyl groups is 2. The van der Waals surface area contributed by atoms with Crippen LogP contribution in [0.1, 0.15) is 51.7 Å². The molecule has 50 heavy (non-hydrogen) atoms. The van der Waals surface area contributed by atoms with Gasteiger partial charge >= 0.3 is 6.09 Å². The number of likely N-dealkylation sites (N-methyl/N-ethyl adjacent to an activating group) is 1. The molecule has 6 N–H and O–H groups in total. The van der Waals surface area contributed by atoms with Crippen molar-refractivity contribution in [3.05, 3.63) is 77.3 Å². The molecule has 2 atom stereocenters. The van der Waals surface area contributed by atoms with Gasteiger partial charge in [0, 0.05) is 56.6 Å². The third kappa shape index (κ3) is 22.7. The molecule has 14 heteroatoms. The standard InChI is InChI=1S/C18H30N4O4.C10H9NS.C4H8O.C2H4O2.C2H6O/c1-18(2,3)15(19-4)16(24)21-22(11-13-8-6-5-7-9-13)12-14(23)10-20-17(25)26;1-8-2-4-9(5-3-8)10-11-6-7-12-10;1-2-4-5-3-1;1-4-2-3;1-2-3/h5-9,14-15,19-20,23H,10-12H2,1-4H3,(H,21,24)(H,25,26);2-7H,1H3;1-4H2;2H,1H3;3H,2H2,1H3. The summed E-state index contributed by atoms with van der Waals surface area (Å²) >= 11 is 1.67. The zero-order valence-corrected chi connectivity index (χ0v) is 31.2. The van der Waals surface area contributed by atoms with Gasteiger partial charge in [0.15, 0.2) is 0 Å². The molecule has 2 amide bonds. The van der Waals surface area contributed by atoms with Crippen LogP contribution in [0.4, 0.5) is 4.79 Å². The van der Waals surface area contributed by atoms with Crippen molar-refractivity contribution in [2.75, 3.05) is 47.1 Å². The van der Waals surface area contributed by atoms with Gasteiger partial charge in [-0.15, -0.1) is 11.3 Å². The first-order chi connectivity index (χ1) is 23.8. The Labute approximate surface area is 301 Å². The summed E-state index contributed by atoms with van der Waals surface area (Å²) in [6, 6.07) is 17.5. The minimum absolute atomic E-state index is 0.0848. The number of hydrazine groups is 1. The van der Waals surface area contributed by atoms with Gasteiger partial charge in [-0.25, -0.2) is 14.8 Å². The average molecular weight is 720 g/mol. The number of carboxylic acid groups (broad SMARTS) is 1. The number of carbonyl (C=O) groups is 3. The topological polar surface area (TPSA) is 183 Å². The minimum Gasteiger partial charge on any atom is -0.471 e. The van der Waals surface area contributed by atoms with Crippen molar-refractivity contribution >= 4 is 29.8 Å². The predicted molar refractivity (Wildman–Crippen MR) is 198 cm³/mol. The predicted octanol–water partition coefficient (Wildman–Crippen LogP) is 4.49. The molecule has 13 nitrogen and oxygen atoms in total. The van der Waals surface area contributed by atoms with Gasteiger partial charge in [0.25, 0.3) is 12.4 Å². The Hall–Kier alpha value is -3.92. The van der Waals surface area contributed by atoms with Crippen molar-refractivity contribution in [2.24, 2.45) is 5.41 Å². The van der Waals surface area contributed by atoms with E-state index in [-0.39, 0.29) is 31.0 Å². The van der Waals surface area contributed by atoms with Gasteiger partial charge in [-0.05, 0) is 44.7 Å². The molecular formula is C36H57N5O8S. The molecule has 3 aromatic rings. The van der Waals surface area contributed by atoms with Crippen LogP contribution in [-0.4, -0.2) is 103 Å². The first-order valence-electron chi connectivity index (χ1n) is 16.4. The van der Waals surface area contributed by atoms with Gasteiger partial charge in [0.1, 0.15) is 5.01 Å². The Morgan fingerprint density at radius 3 is 2.10 bits per heavy atom. The number of aryl methyl sites for hydroxylation is 1. The molecule has 0 saturated carbocycles. The van der Waals surface area contributed by atoms with Crippen LogP contribution in [0.3, 0.4) is 0 Å². The maximum absolute atomic E-state index is 12.7. The smallest absolute Gasteiger partial charge is 0.404 e. The quantitative estimate of drug-likeness (QED) is 0.121. The van der Waals surface area contributed by atoms with Gasteiger partial charge in [0.05, 0.1) is 19.3 Å². The van der Waals surface area contributed by atoms with E-state index < -0.39 is 18.2 Å². The fourth-order valence-electron chi connectivity index (χ4n) is 4.23. The first-order valence-corrected chi connectivity index (χ1v) is 17.2. The number of rotatable bonds is 11. The minimum atomic E-state index is -1.20. The fourth-order valence-corrected chi connectivity index (χ4v) is 4.87. The van der Waals surface area contributed by atoms with Crippen molar-refractivity contribution in [1.29, 1.82) is 0 Å². The molecule has 280 valence electrons. The lowest BCUT2D eigenvalue weighted by molar-refractivity contribution is -0.131. The number of aliphatic hydroxyl groups excluding tert-OH is 2. The highest BCUT2D eigenvalue weighted by molar-refractivity contribution is 7.13. The molecule has 0 bridgehead atoms. The van der Waals surface area contributed by atoms with E-state index in [0.717, 1.165) is 23.8 Å². The summed E-state index contributed by atoms with van der Waals surface area (Å²) < 4.78 is 8.81. The summed E-state index contributed by atoms with van der Waals surface area (Å²) in [7, 11) is 3.04. The molecule has 1 fully saturated rings. The Bertz CT molecular complexity index is 1260. The third-order valence-corrected chi connectivity index (χ3v) is 7.30. The van der Waals surface area contributed by atoms with E-state index in [9.17, 15) is 14.7 Å².